The van der Waals surface area contributed by atoms with Gasteiger partial charge < -0.3 is 11.1 Å². The Kier molecular flexibility index (Phi) is 3.53. The molecule has 1 aromatic heterocycles. The molecule has 0 aliphatic heterocycles. The minimum Gasteiger partial charge on any atom is -0.383 e. The average molecular weight is 249 g/mol. The second-order valence-electron chi connectivity index (χ2n) is 3.83. The molecule has 3 nitrogen and oxygen atoms in total. The predicted octanol–water partition coefficient (Wildman–Crippen LogP) is 2.25. The largest absolute Gasteiger partial charge is 0.383 e. The molecule has 2 aromatic rings. The molecule has 1 aromatic carbocycles. The van der Waals surface area contributed by atoms with Crippen LogP contribution in [0.15, 0.2) is 36.5 Å². The molecule has 0 aliphatic carbocycles. The van der Waals surface area contributed by atoms with Gasteiger partial charge in [0.2, 0.25) is 0 Å². The first-order valence-corrected chi connectivity index (χ1v) is 5.46. The van der Waals surface area contributed by atoms with E-state index in [1.165, 1.54) is 24.4 Å². The highest BCUT2D eigenvalue weighted by molar-refractivity contribution is 5.46. The van der Waals surface area contributed by atoms with Gasteiger partial charge in [0.25, 0.3) is 0 Å². The van der Waals surface area contributed by atoms with Crippen molar-refractivity contribution in [3.05, 3.63) is 59.3 Å². The lowest BCUT2D eigenvalue weighted by molar-refractivity contribution is 0.522. The van der Waals surface area contributed by atoms with Crippen molar-refractivity contribution in [1.29, 1.82) is 0 Å². The smallest absolute Gasteiger partial charge is 0.131 e. The number of nitrogens with zero attached hydrogens (tertiary/aromatic N) is 1. The monoisotopic (exact) mass is 249 g/mol. The molecule has 0 saturated carbocycles. The van der Waals surface area contributed by atoms with Crippen LogP contribution in [0.4, 0.5) is 14.6 Å². The first-order chi connectivity index (χ1) is 8.65. The summed E-state index contributed by atoms with van der Waals surface area (Å²) in [5.41, 5.74) is 6.23. The molecule has 1 unspecified atom stereocenters. The summed E-state index contributed by atoms with van der Waals surface area (Å²) in [6, 6.07) is 6.46. The van der Waals surface area contributed by atoms with Gasteiger partial charge >= 0.3 is 0 Å². The number of rotatable bonds is 3. The Labute approximate surface area is 104 Å². The Hall–Kier alpha value is -2.01. The van der Waals surface area contributed by atoms with Crippen molar-refractivity contribution < 1.29 is 8.78 Å². The molecular formula is C13H13F2N3. The fourth-order valence-electron chi connectivity index (χ4n) is 1.92. The summed E-state index contributed by atoms with van der Waals surface area (Å²) < 4.78 is 27.5. The van der Waals surface area contributed by atoms with E-state index in [1.807, 2.05) is 0 Å². The Bertz CT molecular complexity index is 537. The van der Waals surface area contributed by atoms with Crippen molar-refractivity contribution >= 4 is 5.82 Å². The summed E-state index contributed by atoms with van der Waals surface area (Å²) in [5, 5.41) is 2.86. The van der Waals surface area contributed by atoms with Crippen molar-refractivity contribution in [2.24, 2.45) is 0 Å². The molecule has 3 N–H and O–H groups in total. The number of nitrogen functional groups attached to an aromatic ring is 1. The molecule has 2 rings (SSSR count). The number of hydrogen-bond donors (Lipinski definition) is 2. The molecule has 18 heavy (non-hydrogen) atoms. The topological polar surface area (TPSA) is 50.9 Å². The Morgan fingerprint density at radius 3 is 2.39 bits per heavy atom. The van der Waals surface area contributed by atoms with E-state index < -0.39 is 17.7 Å². The van der Waals surface area contributed by atoms with Gasteiger partial charge in [-0.25, -0.2) is 13.8 Å². The SMILES string of the molecule is CNC(c1cccnc1N)c1c(F)cccc1F. The number of halogens is 2. The molecule has 0 radical (unpaired) electrons. The van der Waals surface area contributed by atoms with Crippen molar-refractivity contribution in [2.45, 2.75) is 6.04 Å². The standard InChI is InChI=1S/C13H13F2N3/c1-17-12(8-4-3-7-18-13(8)16)11-9(14)5-2-6-10(11)15/h2-7,12,17H,1H3,(H2,16,18). The predicted molar refractivity (Wildman–Crippen MR) is 65.9 cm³/mol. The minimum atomic E-state index is -0.667. The second-order valence-corrected chi connectivity index (χ2v) is 3.83. The van der Waals surface area contributed by atoms with Crippen LogP contribution in [0.3, 0.4) is 0 Å². The van der Waals surface area contributed by atoms with Gasteiger partial charge in [0.1, 0.15) is 17.5 Å². The number of aromatic nitrogens is 1. The van der Waals surface area contributed by atoms with Gasteiger partial charge in [0, 0.05) is 17.3 Å². The van der Waals surface area contributed by atoms with E-state index in [0.29, 0.717) is 5.56 Å². The number of hydrogen-bond acceptors (Lipinski definition) is 3. The zero-order valence-corrected chi connectivity index (χ0v) is 9.82. The summed E-state index contributed by atoms with van der Waals surface area (Å²) in [6.45, 7) is 0. The average Bonchev–Trinajstić information content (AvgIpc) is 2.35. The summed E-state index contributed by atoms with van der Waals surface area (Å²) in [4.78, 5) is 3.93. The van der Waals surface area contributed by atoms with Crippen LogP contribution in [0.5, 0.6) is 0 Å². The number of nitrogens with two attached hydrogens (primary N) is 1. The van der Waals surface area contributed by atoms with Crippen molar-refractivity contribution in [3.8, 4) is 0 Å². The van der Waals surface area contributed by atoms with Crippen LogP contribution < -0.4 is 11.1 Å². The van der Waals surface area contributed by atoms with Gasteiger partial charge in [0.05, 0.1) is 6.04 Å². The van der Waals surface area contributed by atoms with Crippen LogP contribution in [-0.4, -0.2) is 12.0 Å². The summed E-state index contributed by atoms with van der Waals surface area (Å²) >= 11 is 0. The van der Waals surface area contributed by atoms with E-state index in [1.54, 1.807) is 19.2 Å². The lowest BCUT2D eigenvalue weighted by Crippen LogP contribution is -2.22. The third-order valence-electron chi connectivity index (χ3n) is 2.76. The zero-order valence-electron chi connectivity index (χ0n) is 9.82. The molecular weight excluding hydrogens is 236 g/mol. The lowest BCUT2D eigenvalue weighted by atomic mass is 9.98. The van der Waals surface area contributed by atoms with Crippen LogP contribution in [0, 0.1) is 11.6 Å². The number of pyridine rings is 1. The van der Waals surface area contributed by atoms with Crippen LogP contribution in [0.2, 0.25) is 0 Å². The van der Waals surface area contributed by atoms with Crippen molar-refractivity contribution in [3.63, 3.8) is 0 Å². The van der Waals surface area contributed by atoms with Gasteiger partial charge in [-0.15, -0.1) is 0 Å². The molecule has 0 bridgehead atoms. The maximum Gasteiger partial charge on any atom is 0.131 e. The highest BCUT2D eigenvalue weighted by Crippen LogP contribution is 2.28. The first-order valence-electron chi connectivity index (χ1n) is 5.46. The first kappa shape index (κ1) is 12.4. The van der Waals surface area contributed by atoms with Gasteiger partial charge in [-0.1, -0.05) is 12.1 Å². The highest BCUT2D eigenvalue weighted by atomic mass is 19.1. The molecule has 0 spiro atoms. The van der Waals surface area contributed by atoms with Gasteiger partial charge in [-0.2, -0.15) is 0 Å². The Morgan fingerprint density at radius 1 is 1.17 bits per heavy atom. The summed E-state index contributed by atoms with van der Waals surface area (Å²) in [6.07, 6.45) is 1.53. The third-order valence-corrected chi connectivity index (χ3v) is 2.76. The number of nitrogens with one attached hydrogen (secondary N) is 1. The maximum atomic E-state index is 13.8. The van der Waals surface area contributed by atoms with Crippen LogP contribution in [-0.2, 0) is 0 Å². The highest BCUT2D eigenvalue weighted by Gasteiger charge is 2.22. The van der Waals surface area contributed by atoms with Gasteiger partial charge in [-0.05, 0) is 25.2 Å². The molecule has 1 heterocycles. The van der Waals surface area contributed by atoms with Gasteiger partial charge in [0.15, 0.2) is 0 Å². The molecule has 94 valence electrons. The fourth-order valence-corrected chi connectivity index (χ4v) is 1.92. The summed E-state index contributed by atoms with van der Waals surface area (Å²) in [7, 11) is 1.61. The molecule has 0 fully saturated rings. The Morgan fingerprint density at radius 2 is 1.83 bits per heavy atom. The maximum absolute atomic E-state index is 13.8. The zero-order chi connectivity index (χ0) is 13.1. The van der Waals surface area contributed by atoms with E-state index in [0.717, 1.165) is 0 Å². The molecule has 1 atom stereocenters. The minimum absolute atomic E-state index is 0.0558. The van der Waals surface area contributed by atoms with E-state index in [4.69, 9.17) is 5.73 Å². The van der Waals surface area contributed by atoms with Crippen LogP contribution in [0.1, 0.15) is 17.2 Å². The summed E-state index contributed by atoms with van der Waals surface area (Å²) in [5.74, 6) is -0.977. The van der Waals surface area contributed by atoms with E-state index in [-0.39, 0.29) is 11.4 Å². The molecule has 5 heteroatoms. The second kappa shape index (κ2) is 5.10. The van der Waals surface area contributed by atoms with E-state index in [2.05, 4.69) is 10.3 Å². The van der Waals surface area contributed by atoms with Crippen molar-refractivity contribution in [1.82, 2.24) is 10.3 Å². The molecule has 0 saturated heterocycles. The van der Waals surface area contributed by atoms with Crippen LogP contribution >= 0.6 is 0 Å². The molecule has 0 amide bonds. The van der Waals surface area contributed by atoms with Crippen molar-refractivity contribution in [2.75, 3.05) is 12.8 Å². The normalized spacial score (nSPS) is 12.4. The van der Waals surface area contributed by atoms with Crippen LogP contribution in [0.25, 0.3) is 0 Å². The number of benzene rings is 1. The van der Waals surface area contributed by atoms with E-state index in [9.17, 15) is 8.78 Å². The lowest BCUT2D eigenvalue weighted by Gasteiger charge is -2.19. The number of anilines is 1. The third kappa shape index (κ3) is 2.17. The molecule has 0 aliphatic rings. The van der Waals surface area contributed by atoms with Gasteiger partial charge in [-0.3, -0.25) is 0 Å². The quantitative estimate of drug-likeness (QED) is 0.877. The fraction of sp³-hybridized carbons (Fsp3) is 0.154. The Balaban J connectivity index is 2.56. The van der Waals surface area contributed by atoms with E-state index >= 15 is 0 Å².